The topological polar surface area (TPSA) is 51.8 Å². The Balaban J connectivity index is 2.23. The molecule has 0 aliphatic rings. The normalized spacial score (nSPS) is 10.9. The fourth-order valence-electron chi connectivity index (χ4n) is 1.71. The number of halogens is 1. The highest BCUT2D eigenvalue weighted by Crippen LogP contribution is 2.26. The standard InChI is InChI=1S/C12H8ClN3O/c13-7-11-15-12(17-16-11)9-3-1-5-10-8(9)4-2-6-14-10/h1-6H,7H2. The van der Waals surface area contributed by atoms with E-state index in [1.807, 2.05) is 30.3 Å². The third kappa shape index (κ3) is 1.76. The maximum Gasteiger partial charge on any atom is 0.258 e. The minimum Gasteiger partial charge on any atom is -0.334 e. The zero-order chi connectivity index (χ0) is 11.7. The Hall–Kier alpha value is -1.94. The molecule has 0 saturated heterocycles. The van der Waals surface area contributed by atoms with Crippen molar-refractivity contribution in [2.24, 2.45) is 0 Å². The number of fused-ring (bicyclic) bond motifs is 1. The lowest BCUT2D eigenvalue weighted by Gasteiger charge is -2.00. The van der Waals surface area contributed by atoms with Crippen LogP contribution in [0.15, 0.2) is 41.1 Å². The van der Waals surface area contributed by atoms with Gasteiger partial charge >= 0.3 is 0 Å². The van der Waals surface area contributed by atoms with E-state index in [9.17, 15) is 0 Å². The Morgan fingerprint density at radius 1 is 1.18 bits per heavy atom. The van der Waals surface area contributed by atoms with Crippen molar-refractivity contribution in [1.29, 1.82) is 0 Å². The van der Waals surface area contributed by atoms with Crippen LogP contribution in [0.5, 0.6) is 0 Å². The first-order chi connectivity index (χ1) is 8.38. The molecule has 4 nitrogen and oxygen atoms in total. The van der Waals surface area contributed by atoms with E-state index in [1.54, 1.807) is 6.20 Å². The quantitative estimate of drug-likeness (QED) is 0.651. The summed E-state index contributed by atoms with van der Waals surface area (Å²) in [7, 11) is 0. The van der Waals surface area contributed by atoms with Gasteiger partial charge in [0, 0.05) is 17.1 Å². The molecule has 0 unspecified atom stereocenters. The molecule has 0 spiro atoms. The number of hydrogen-bond acceptors (Lipinski definition) is 4. The maximum atomic E-state index is 5.65. The summed E-state index contributed by atoms with van der Waals surface area (Å²) in [5.41, 5.74) is 1.77. The second kappa shape index (κ2) is 4.14. The van der Waals surface area contributed by atoms with E-state index >= 15 is 0 Å². The van der Waals surface area contributed by atoms with E-state index < -0.39 is 0 Å². The Kier molecular flexibility index (Phi) is 2.49. The van der Waals surface area contributed by atoms with Gasteiger partial charge in [-0.15, -0.1) is 11.6 Å². The van der Waals surface area contributed by atoms with Crippen molar-refractivity contribution in [3.05, 3.63) is 42.4 Å². The van der Waals surface area contributed by atoms with Gasteiger partial charge in [-0.05, 0) is 18.2 Å². The molecule has 2 aromatic heterocycles. The van der Waals surface area contributed by atoms with Crippen LogP contribution in [-0.4, -0.2) is 15.1 Å². The van der Waals surface area contributed by atoms with Crippen LogP contribution >= 0.6 is 11.6 Å². The zero-order valence-electron chi connectivity index (χ0n) is 8.80. The summed E-state index contributed by atoms with van der Waals surface area (Å²) < 4.78 is 5.18. The van der Waals surface area contributed by atoms with Crippen molar-refractivity contribution >= 4 is 22.5 Å². The van der Waals surface area contributed by atoms with Gasteiger partial charge in [-0.25, -0.2) is 0 Å². The number of nitrogens with zero attached hydrogens (tertiary/aromatic N) is 3. The lowest BCUT2D eigenvalue weighted by molar-refractivity contribution is 0.425. The smallest absolute Gasteiger partial charge is 0.258 e. The Labute approximate surface area is 102 Å². The lowest BCUT2D eigenvalue weighted by atomic mass is 10.1. The molecular weight excluding hydrogens is 238 g/mol. The third-order valence-electron chi connectivity index (χ3n) is 2.46. The summed E-state index contributed by atoms with van der Waals surface area (Å²) in [5, 5.41) is 4.77. The van der Waals surface area contributed by atoms with Gasteiger partial charge in [0.05, 0.1) is 11.4 Å². The highest BCUT2D eigenvalue weighted by atomic mass is 35.5. The summed E-state index contributed by atoms with van der Waals surface area (Å²) in [6, 6.07) is 9.63. The highest BCUT2D eigenvalue weighted by Gasteiger charge is 2.11. The molecule has 0 radical (unpaired) electrons. The average Bonchev–Trinajstić information content (AvgIpc) is 2.87. The first-order valence-electron chi connectivity index (χ1n) is 5.11. The predicted octanol–water partition coefficient (Wildman–Crippen LogP) is 3.02. The maximum absolute atomic E-state index is 5.65. The molecule has 0 aliphatic heterocycles. The van der Waals surface area contributed by atoms with Crippen LogP contribution in [0.4, 0.5) is 0 Å². The molecule has 0 N–H and O–H groups in total. The molecule has 1 aromatic carbocycles. The van der Waals surface area contributed by atoms with E-state index in [1.165, 1.54) is 0 Å². The van der Waals surface area contributed by atoms with E-state index in [2.05, 4.69) is 15.1 Å². The van der Waals surface area contributed by atoms with Gasteiger partial charge in [-0.3, -0.25) is 4.98 Å². The molecule has 0 atom stereocenters. The van der Waals surface area contributed by atoms with Crippen molar-refractivity contribution in [3.63, 3.8) is 0 Å². The zero-order valence-corrected chi connectivity index (χ0v) is 9.55. The number of alkyl halides is 1. The third-order valence-corrected chi connectivity index (χ3v) is 2.70. The van der Waals surface area contributed by atoms with Crippen LogP contribution in [0.1, 0.15) is 5.82 Å². The Morgan fingerprint density at radius 2 is 2.12 bits per heavy atom. The molecule has 0 fully saturated rings. The van der Waals surface area contributed by atoms with E-state index in [-0.39, 0.29) is 5.88 Å². The van der Waals surface area contributed by atoms with Crippen molar-refractivity contribution < 1.29 is 4.52 Å². The average molecular weight is 246 g/mol. The van der Waals surface area contributed by atoms with E-state index in [0.717, 1.165) is 16.5 Å². The van der Waals surface area contributed by atoms with Crippen LogP contribution in [0.3, 0.4) is 0 Å². The van der Waals surface area contributed by atoms with Gasteiger partial charge in [-0.2, -0.15) is 4.98 Å². The van der Waals surface area contributed by atoms with Crippen LogP contribution in [0.25, 0.3) is 22.4 Å². The summed E-state index contributed by atoms with van der Waals surface area (Å²) >= 11 is 5.65. The van der Waals surface area contributed by atoms with Gasteiger partial charge < -0.3 is 4.52 Å². The SMILES string of the molecule is ClCc1noc(-c2cccc3ncccc23)n1. The van der Waals surface area contributed by atoms with Crippen molar-refractivity contribution in [1.82, 2.24) is 15.1 Å². The first kappa shape index (κ1) is 10.2. The molecule has 17 heavy (non-hydrogen) atoms. The van der Waals surface area contributed by atoms with Crippen LogP contribution in [0.2, 0.25) is 0 Å². The number of benzene rings is 1. The van der Waals surface area contributed by atoms with Gasteiger partial charge in [0.2, 0.25) is 0 Å². The van der Waals surface area contributed by atoms with Crippen molar-refractivity contribution in [2.75, 3.05) is 0 Å². The van der Waals surface area contributed by atoms with E-state index in [0.29, 0.717) is 11.7 Å². The van der Waals surface area contributed by atoms with Crippen molar-refractivity contribution in [3.8, 4) is 11.5 Å². The molecular formula is C12H8ClN3O. The summed E-state index contributed by atoms with van der Waals surface area (Å²) in [6.07, 6.45) is 1.75. The largest absolute Gasteiger partial charge is 0.334 e. The molecule has 0 amide bonds. The predicted molar refractivity (Wildman–Crippen MR) is 64.6 cm³/mol. The van der Waals surface area contributed by atoms with Gasteiger partial charge in [0.1, 0.15) is 0 Å². The molecule has 2 heterocycles. The molecule has 3 aromatic rings. The Bertz CT molecular complexity index is 660. The molecule has 0 saturated carbocycles. The second-order valence-corrected chi connectivity index (χ2v) is 3.79. The van der Waals surface area contributed by atoms with Crippen molar-refractivity contribution in [2.45, 2.75) is 5.88 Å². The van der Waals surface area contributed by atoms with Gasteiger partial charge in [0.15, 0.2) is 5.82 Å². The second-order valence-electron chi connectivity index (χ2n) is 3.53. The number of aromatic nitrogens is 3. The fraction of sp³-hybridized carbons (Fsp3) is 0.0833. The first-order valence-corrected chi connectivity index (χ1v) is 5.64. The molecule has 3 rings (SSSR count). The highest BCUT2D eigenvalue weighted by molar-refractivity contribution is 6.16. The summed E-state index contributed by atoms with van der Waals surface area (Å²) in [5.74, 6) is 1.20. The molecule has 0 bridgehead atoms. The number of pyridine rings is 1. The number of rotatable bonds is 2. The van der Waals surface area contributed by atoms with E-state index in [4.69, 9.17) is 16.1 Å². The molecule has 5 heteroatoms. The van der Waals surface area contributed by atoms with Crippen LogP contribution in [0, 0.1) is 0 Å². The van der Waals surface area contributed by atoms with Crippen LogP contribution in [-0.2, 0) is 5.88 Å². The van der Waals surface area contributed by atoms with Crippen LogP contribution < -0.4 is 0 Å². The monoisotopic (exact) mass is 245 g/mol. The summed E-state index contributed by atoms with van der Waals surface area (Å²) in [4.78, 5) is 8.49. The molecule has 0 aliphatic carbocycles. The summed E-state index contributed by atoms with van der Waals surface area (Å²) in [6.45, 7) is 0. The molecule has 84 valence electrons. The minimum absolute atomic E-state index is 0.243. The minimum atomic E-state index is 0.243. The lowest BCUT2D eigenvalue weighted by Crippen LogP contribution is -1.84. The van der Waals surface area contributed by atoms with Gasteiger partial charge in [-0.1, -0.05) is 17.3 Å². The Morgan fingerprint density at radius 3 is 2.94 bits per heavy atom. The fourth-order valence-corrected chi connectivity index (χ4v) is 1.82. The number of hydrogen-bond donors (Lipinski definition) is 0. The van der Waals surface area contributed by atoms with Gasteiger partial charge in [0.25, 0.3) is 5.89 Å².